The number of ether oxygens (including phenoxy) is 4. The van der Waals surface area contributed by atoms with Crippen LogP contribution in [0.1, 0.15) is 42.6 Å². The van der Waals surface area contributed by atoms with Crippen molar-refractivity contribution in [2.75, 3.05) is 26.4 Å². The maximum absolute atomic E-state index is 12.1. The standard InChI is InChI=1S/C23H30O5/c1-4-26-19(3)17-25-15-5-6-16-27-21-11-13-22(14-12-21)28-23(24)20-9-7-18(2)8-10-20/h7-14,19H,4-6,15-17H2,1-3H3/t19-/m0/s1. The Morgan fingerprint density at radius 1 is 0.929 bits per heavy atom. The molecule has 2 aromatic carbocycles. The van der Waals surface area contributed by atoms with Gasteiger partial charge in [0.2, 0.25) is 0 Å². The van der Waals surface area contributed by atoms with Crippen molar-refractivity contribution in [3.63, 3.8) is 0 Å². The zero-order chi connectivity index (χ0) is 20.2. The summed E-state index contributed by atoms with van der Waals surface area (Å²) in [7, 11) is 0. The number of esters is 1. The average molecular weight is 386 g/mol. The molecule has 152 valence electrons. The lowest BCUT2D eigenvalue weighted by Crippen LogP contribution is -2.16. The van der Waals surface area contributed by atoms with E-state index in [1.54, 1.807) is 36.4 Å². The molecule has 0 N–H and O–H groups in total. The number of carbonyl (C=O) groups excluding carboxylic acids is 1. The van der Waals surface area contributed by atoms with Crippen molar-refractivity contribution in [3.05, 3.63) is 59.7 Å². The van der Waals surface area contributed by atoms with Crippen LogP contribution in [0.2, 0.25) is 0 Å². The normalized spacial score (nSPS) is 11.8. The average Bonchev–Trinajstić information content (AvgIpc) is 2.69. The number of hydrogen-bond donors (Lipinski definition) is 0. The van der Waals surface area contributed by atoms with Crippen LogP contribution in [0.15, 0.2) is 48.5 Å². The predicted octanol–water partition coefficient (Wildman–Crippen LogP) is 4.81. The van der Waals surface area contributed by atoms with Crippen LogP contribution in [-0.2, 0) is 9.47 Å². The number of rotatable bonds is 12. The molecule has 2 aromatic rings. The monoisotopic (exact) mass is 386 g/mol. The molecule has 0 saturated heterocycles. The fourth-order valence-electron chi connectivity index (χ4n) is 2.54. The molecule has 0 saturated carbocycles. The Morgan fingerprint density at radius 2 is 1.57 bits per heavy atom. The first-order chi connectivity index (χ1) is 13.6. The third-order valence-electron chi connectivity index (χ3n) is 4.08. The minimum Gasteiger partial charge on any atom is -0.494 e. The van der Waals surface area contributed by atoms with Gasteiger partial charge >= 0.3 is 5.97 Å². The van der Waals surface area contributed by atoms with Gasteiger partial charge < -0.3 is 18.9 Å². The van der Waals surface area contributed by atoms with Crippen LogP contribution in [-0.4, -0.2) is 38.5 Å². The number of unbranched alkanes of at least 4 members (excludes halogenated alkanes) is 1. The van der Waals surface area contributed by atoms with Crippen molar-refractivity contribution in [1.29, 1.82) is 0 Å². The van der Waals surface area contributed by atoms with E-state index in [0.29, 0.717) is 37.7 Å². The van der Waals surface area contributed by atoms with Crippen LogP contribution in [0.3, 0.4) is 0 Å². The topological polar surface area (TPSA) is 54.0 Å². The first-order valence-electron chi connectivity index (χ1n) is 9.79. The minimum absolute atomic E-state index is 0.139. The van der Waals surface area contributed by atoms with E-state index in [-0.39, 0.29) is 12.1 Å². The van der Waals surface area contributed by atoms with E-state index in [9.17, 15) is 4.79 Å². The summed E-state index contributed by atoms with van der Waals surface area (Å²) in [6, 6.07) is 14.4. The van der Waals surface area contributed by atoms with Crippen molar-refractivity contribution in [1.82, 2.24) is 0 Å². The molecule has 0 spiro atoms. The lowest BCUT2D eigenvalue weighted by atomic mass is 10.1. The van der Waals surface area contributed by atoms with Crippen LogP contribution < -0.4 is 9.47 Å². The molecule has 0 bridgehead atoms. The Morgan fingerprint density at radius 3 is 2.25 bits per heavy atom. The Kier molecular flexibility index (Phi) is 9.52. The molecular weight excluding hydrogens is 356 g/mol. The van der Waals surface area contributed by atoms with Gasteiger partial charge in [0, 0.05) is 13.2 Å². The maximum Gasteiger partial charge on any atom is 0.343 e. The van der Waals surface area contributed by atoms with Crippen LogP contribution in [0.4, 0.5) is 0 Å². The molecular formula is C23H30O5. The molecule has 0 aromatic heterocycles. The van der Waals surface area contributed by atoms with E-state index in [1.807, 2.05) is 32.9 Å². The van der Waals surface area contributed by atoms with Gasteiger partial charge in [0.1, 0.15) is 11.5 Å². The first kappa shape index (κ1) is 21.9. The van der Waals surface area contributed by atoms with Gasteiger partial charge in [-0.2, -0.15) is 0 Å². The summed E-state index contributed by atoms with van der Waals surface area (Å²) in [6.45, 7) is 8.62. The van der Waals surface area contributed by atoms with E-state index in [2.05, 4.69) is 0 Å². The fraction of sp³-hybridized carbons (Fsp3) is 0.435. The van der Waals surface area contributed by atoms with Crippen molar-refractivity contribution in [2.45, 2.75) is 39.7 Å². The predicted molar refractivity (Wildman–Crippen MR) is 109 cm³/mol. The summed E-state index contributed by atoms with van der Waals surface area (Å²) in [5, 5.41) is 0. The van der Waals surface area contributed by atoms with Crippen molar-refractivity contribution < 1.29 is 23.7 Å². The number of aryl methyl sites for hydroxylation is 1. The molecule has 0 amide bonds. The van der Waals surface area contributed by atoms with E-state index in [0.717, 1.165) is 24.2 Å². The molecule has 0 aliphatic carbocycles. The number of benzene rings is 2. The molecule has 0 radical (unpaired) electrons. The lowest BCUT2D eigenvalue weighted by molar-refractivity contribution is -0.00271. The summed E-state index contributed by atoms with van der Waals surface area (Å²) >= 11 is 0. The molecule has 0 unspecified atom stereocenters. The zero-order valence-electron chi connectivity index (χ0n) is 17.0. The van der Waals surface area contributed by atoms with Gasteiger partial charge in [-0.15, -0.1) is 0 Å². The molecule has 28 heavy (non-hydrogen) atoms. The van der Waals surface area contributed by atoms with Gasteiger partial charge in [-0.25, -0.2) is 4.79 Å². The van der Waals surface area contributed by atoms with Crippen LogP contribution >= 0.6 is 0 Å². The largest absolute Gasteiger partial charge is 0.494 e. The SMILES string of the molecule is CCO[C@@H](C)COCCCCOc1ccc(OC(=O)c2ccc(C)cc2)cc1. The van der Waals surface area contributed by atoms with Gasteiger partial charge in [-0.3, -0.25) is 0 Å². The summed E-state index contributed by atoms with van der Waals surface area (Å²) in [5.41, 5.74) is 1.63. The molecule has 5 nitrogen and oxygen atoms in total. The zero-order valence-corrected chi connectivity index (χ0v) is 17.0. The second kappa shape index (κ2) is 12.2. The smallest absolute Gasteiger partial charge is 0.343 e. The van der Waals surface area contributed by atoms with Crippen molar-refractivity contribution in [3.8, 4) is 11.5 Å². The molecule has 0 aliphatic rings. The van der Waals surface area contributed by atoms with Gasteiger partial charge in [0.15, 0.2) is 0 Å². The second-order valence-electron chi connectivity index (χ2n) is 6.62. The highest BCUT2D eigenvalue weighted by atomic mass is 16.5. The summed E-state index contributed by atoms with van der Waals surface area (Å²) in [4.78, 5) is 12.1. The van der Waals surface area contributed by atoms with Crippen LogP contribution in [0.5, 0.6) is 11.5 Å². The molecule has 0 aliphatic heterocycles. The summed E-state index contributed by atoms with van der Waals surface area (Å²) in [6.07, 6.45) is 1.98. The first-order valence-corrected chi connectivity index (χ1v) is 9.79. The van der Waals surface area contributed by atoms with Gasteiger partial charge in [0.25, 0.3) is 0 Å². The minimum atomic E-state index is -0.368. The number of carbonyl (C=O) groups is 1. The number of hydrogen-bond acceptors (Lipinski definition) is 5. The third kappa shape index (κ3) is 8.11. The van der Waals surface area contributed by atoms with Crippen molar-refractivity contribution >= 4 is 5.97 Å². The van der Waals surface area contributed by atoms with Crippen LogP contribution in [0, 0.1) is 6.92 Å². The Labute approximate surface area is 167 Å². The van der Waals surface area contributed by atoms with Gasteiger partial charge in [-0.1, -0.05) is 17.7 Å². The third-order valence-corrected chi connectivity index (χ3v) is 4.08. The maximum atomic E-state index is 12.1. The Bertz CT molecular complexity index is 694. The van der Waals surface area contributed by atoms with Gasteiger partial charge in [-0.05, 0) is 70.0 Å². The van der Waals surface area contributed by atoms with Crippen molar-refractivity contribution in [2.24, 2.45) is 0 Å². The quantitative estimate of drug-likeness (QED) is 0.297. The van der Waals surface area contributed by atoms with E-state index < -0.39 is 0 Å². The summed E-state index contributed by atoms with van der Waals surface area (Å²) < 4.78 is 22.1. The highest BCUT2D eigenvalue weighted by molar-refractivity contribution is 5.91. The molecule has 5 heteroatoms. The molecule has 2 rings (SSSR count). The summed E-state index contributed by atoms with van der Waals surface area (Å²) in [5.74, 6) is 0.878. The highest BCUT2D eigenvalue weighted by Crippen LogP contribution is 2.19. The Balaban J connectivity index is 1.63. The molecule has 0 fully saturated rings. The lowest BCUT2D eigenvalue weighted by Gasteiger charge is -2.12. The van der Waals surface area contributed by atoms with E-state index in [4.69, 9.17) is 18.9 Å². The molecule has 1 atom stereocenters. The van der Waals surface area contributed by atoms with Crippen LogP contribution in [0.25, 0.3) is 0 Å². The van der Waals surface area contributed by atoms with Gasteiger partial charge in [0.05, 0.1) is 24.9 Å². The Hall–Kier alpha value is -2.37. The molecule has 0 heterocycles. The fourth-order valence-corrected chi connectivity index (χ4v) is 2.54. The second-order valence-corrected chi connectivity index (χ2v) is 6.62. The highest BCUT2D eigenvalue weighted by Gasteiger charge is 2.08. The van der Waals surface area contributed by atoms with E-state index >= 15 is 0 Å². The van der Waals surface area contributed by atoms with E-state index in [1.165, 1.54) is 0 Å².